The Morgan fingerprint density at radius 1 is 1.45 bits per heavy atom. The van der Waals surface area contributed by atoms with Gasteiger partial charge in [0.2, 0.25) is 0 Å². The Kier molecular flexibility index (Phi) is 3.91. The normalized spacial score (nSPS) is 10.4. The summed E-state index contributed by atoms with van der Waals surface area (Å²) in [7, 11) is 1.28. The van der Waals surface area contributed by atoms with Gasteiger partial charge >= 0.3 is 5.97 Å². The highest BCUT2D eigenvalue weighted by atomic mass is 16.5. The maximum atomic E-state index is 11.6. The molecule has 1 aromatic heterocycles. The first-order valence-electron chi connectivity index (χ1n) is 5.78. The number of esters is 1. The molecule has 0 unspecified atom stereocenters. The number of hydrogen-bond donors (Lipinski definition) is 0. The fraction of sp³-hybridized carbons (Fsp3) is 0.143. The molecular formula is C14H11N3O3. The van der Waals surface area contributed by atoms with E-state index >= 15 is 0 Å². The highest BCUT2D eigenvalue weighted by Gasteiger charge is 2.13. The summed E-state index contributed by atoms with van der Waals surface area (Å²) < 4.78 is 9.74. The van der Waals surface area contributed by atoms with Crippen molar-refractivity contribution in [3.8, 4) is 17.5 Å². The summed E-state index contributed by atoms with van der Waals surface area (Å²) in [6.45, 7) is 1.84. The van der Waals surface area contributed by atoms with Crippen molar-refractivity contribution in [3.05, 3.63) is 41.2 Å². The second-order valence-electron chi connectivity index (χ2n) is 3.86. The lowest BCUT2D eigenvalue weighted by molar-refractivity contribution is 0.0600. The van der Waals surface area contributed by atoms with Crippen molar-refractivity contribution in [2.45, 2.75) is 6.92 Å². The maximum absolute atomic E-state index is 11.6. The second kappa shape index (κ2) is 5.80. The van der Waals surface area contributed by atoms with Crippen molar-refractivity contribution in [1.29, 1.82) is 5.26 Å². The van der Waals surface area contributed by atoms with E-state index in [1.54, 1.807) is 24.3 Å². The largest absolute Gasteiger partial charge is 0.465 e. The molecule has 0 atom stereocenters. The molecule has 0 aliphatic rings. The molecule has 0 N–H and O–H groups in total. The molecule has 0 saturated heterocycles. The van der Waals surface area contributed by atoms with Gasteiger partial charge in [0.05, 0.1) is 24.3 Å². The molecule has 6 nitrogen and oxygen atoms in total. The summed E-state index contributed by atoms with van der Waals surface area (Å²) in [6, 6.07) is 6.53. The molecule has 0 bridgehead atoms. The number of allylic oxidation sites excluding steroid dienone is 1. The van der Waals surface area contributed by atoms with Crippen molar-refractivity contribution in [1.82, 2.24) is 10.1 Å². The van der Waals surface area contributed by atoms with E-state index in [0.29, 0.717) is 17.0 Å². The van der Waals surface area contributed by atoms with Gasteiger partial charge in [-0.2, -0.15) is 10.2 Å². The minimum Gasteiger partial charge on any atom is -0.465 e. The first-order valence-corrected chi connectivity index (χ1v) is 5.78. The van der Waals surface area contributed by atoms with Crippen LogP contribution in [-0.4, -0.2) is 23.2 Å². The molecule has 2 aromatic rings. The highest BCUT2D eigenvalue weighted by Crippen LogP contribution is 2.21. The molecule has 0 aliphatic heterocycles. The Morgan fingerprint density at radius 3 is 2.90 bits per heavy atom. The van der Waals surface area contributed by atoms with Crippen LogP contribution in [0.3, 0.4) is 0 Å². The standard InChI is InChI=1S/C14H11N3O3/c1-3-4-12-16-13(20-17-12)10-5-9(8-15)6-11(7-10)14(18)19-2/h3-7H,1-2H3/b4-3+. The summed E-state index contributed by atoms with van der Waals surface area (Å²) in [5, 5.41) is 12.8. The number of nitriles is 1. The number of ether oxygens (including phenoxy) is 1. The molecule has 0 spiro atoms. The van der Waals surface area contributed by atoms with Crippen molar-refractivity contribution in [3.63, 3.8) is 0 Å². The predicted octanol–water partition coefficient (Wildman–Crippen LogP) is 2.43. The fourth-order valence-electron chi connectivity index (χ4n) is 1.62. The minimum absolute atomic E-state index is 0.236. The van der Waals surface area contributed by atoms with Gasteiger partial charge in [0.15, 0.2) is 5.82 Å². The van der Waals surface area contributed by atoms with Crippen LogP contribution in [0.2, 0.25) is 0 Å². The summed E-state index contributed by atoms with van der Waals surface area (Å²) in [4.78, 5) is 15.7. The van der Waals surface area contributed by atoms with Crippen LogP contribution in [0.5, 0.6) is 0 Å². The molecule has 0 aliphatic carbocycles. The van der Waals surface area contributed by atoms with Gasteiger partial charge in [0, 0.05) is 5.56 Å². The Balaban J connectivity index is 2.49. The second-order valence-corrected chi connectivity index (χ2v) is 3.86. The summed E-state index contributed by atoms with van der Waals surface area (Å²) in [5.41, 5.74) is 1.06. The van der Waals surface area contributed by atoms with E-state index in [4.69, 9.17) is 9.78 Å². The topological polar surface area (TPSA) is 89.0 Å². The highest BCUT2D eigenvalue weighted by molar-refractivity contribution is 5.91. The Morgan fingerprint density at radius 2 is 2.25 bits per heavy atom. The lowest BCUT2D eigenvalue weighted by Crippen LogP contribution is -2.02. The zero-order chi connectivity index (χ0) is 14.5. The number of rotatable bonds is 3. The number of aromatic nitrogens is 2. The lowest BCUT2D eigenvalue weighted by atomic mass is 10.1. The number of carbonyl (C=O) groups is 1. The van der Waals surface area contributed by atoms with Crippen LogP contribution in [0.1, 0.15) is 28.7 Å². The van der Waals surface area contributed by atoms with Gasteiger partial charge in [-0.3, -0.25) is 0 Å². The molecule has 100 valence electrons. The molecular weight excluding hydrogens is 258 g/mol. The maximum Gasteiger partial charge on any atom is 0.337 e. The minimum atomic E-state index is -0.531. The van der Waals surface area contributed by atoms with Gasteiger partial charge < -0.3 is 9.26 Å². The average molecular weight is 269 g/mol. The Labute approximate surface area is 115 Å². The molecule has 0 fully saturated rings. The number of methoxy groups -OCH3 is 1. The lowest BCUT2D eigenvalue weighted by Gasteiger charge is -2.02. The molecule has 0 saturated carbocycles. The molecule has 0 radical (unpaired) electrons. The van der Waals surface area contributed by atoms with E-state index in [9.17, 15) is 4.79 Å². The number of benzene rings is 1. The van der Waals surface area contributed by atoms with Crippen molar-refractivity contribution < 1.29 is 14.1 Å². The molecule has 20 heavy (non-hydrogen) atoms. The van der Waals surface area contributed by atoms with Crippen LogP contribution in [0.4, 0.5) is 0 Å². The van der Waals surface area contributed by atoms with Crippen LogP contribution >= 0.6 is 0 Å². The molecule has 1 aromatic carbocycles. The van der Waals surface area contributed by atoms with Crippen molar-refractivity contribution >= 4 is 12.0 Å². The summed E-state index contributed by atoms with van der Waals surface area (Å²) in [6.07, 6.45) is 3.46. The summed E-state index contributed by atoms with van der Waals surface area (Å²) in [5.74, 6) is 0.126. The average Bonchev–Trinajstić information content (AvgIpc) is 2.95. The van der Waals surface area contributed by atoms with Gasteiger partial charge in [0.25, 0.3) is 5.89 Å². The third-order valence-electron chi connectivity index (χ3n) is 2.49. The van der Waals surface area contributed by atoms with Crippen LogP contribution < -0.4 is 0 Å². The van der Waals surface area contributed by atoms with E-state index in [0.717, 1.165) is 0 Å². The van der Waals surface area contributed by atoms with Crippen LogP contribution in [0.15, 0.2) is 28.8 Å². The molecule has 6 heteroatoms. The first-order chi connectivity index (χ1) is 9.67. The van der Waals surface area contributed by atoms with Crippen LogP contribution in [-0.2, 0) is 4.74 Å². The monoisotopic (exact) mass is 269 g/mol. The van der Waals surface area contributed by atoms with Gasteiger partial charge in [-0.15, -0.1) is 0 Å². The van der Waals surface area contributed by atoms with Gasteiger partial charge in [-0.25, -0.2) is 4.79 Å². The SMILES string of the molecule is C/C=C/c1noc(-c2cc(C#N)cc(C(=O)OC)c2)n1. The van der Waals surface area contributed by atoms with Crippen molar-refractivity contribution in [2.75, 3.05) is 7.11 Å². The number of hydrogen-bond acceptors (Lipinski definition) is 6. The summed E-state index contributed by atoms with van der Waals surface area (Å²) >= 11 is 0. The smallest absolute Gasteiger partial charge is 0.337 e. The Bertz CT molecular complexity index is 711. The predicted molar refractivity (Wildman–Crippen MR) is 70.5 cm³/mol. The van der Waals surface area contributed by atoms with Crippen LogP contribution in [0.25, 0.3) is 17.5 Å². The van der Waals surface area contributed by atoms with Crippen LogP contribution in [0, 0.1) is 11.3 Å². The fourth-order valence-corrected chi connectivity index (χ4v) is 1.62. The molecule has 2 rings (SSSR count). The van der Waals surface area contributed by atoms with Gasteiger partial charge in [-0.1, -0.05) is 11.2 Å². The number of nitrogens with zero attached hydrogens (tertiary/aromatic N) is 3. The number of carbonyl (C=O) groups excluding carboxylic acids is 1. The molecule has 0 amide bonds. The Hall–Kier alpha value is -2.94. The van der Waals surface area contributed by atoms with Gasteiger partial charge in [-0.05, 0) is 31.2 Å². The van der Waals surface area contributed by atoms with E-state index in [2.05, 4.69) is 14.9 Å². The third-order valence-corrected chi connectivity index (χ3v) is 2.49. The van der Waals surface area contributed by atoms with E-state index in [1.165, 1.54) is 13.2 Å². The van der Waals surface area contributed by atoms with Crippen molar-refractivity contribution in [2.24, 2.45) is 0 Å². The van der Waals surface area contributed by atoms with E-state index < -0.39 is 5.97 Å². The first kappa shape index (κ1) is 13.5. The zero-order valence-corrected chi connectivity index (χ0v) is 11.0. The van der Waals surface area contributed by atoms with E-state index in [-0.39, 0.29) is 11.5 Å². The third kappa shape index (κ3) is 2.72. The van der Waals surface area contributed by atoms with E-state index in [1.807, 2.05) is 13.0 Å². The zero-order valence-electron chi connectivity index (χ0n) is 11.0. The van der Waals surface area contributed by atoms with Gasteiger partial charge in [0.1, 0.15) is 0 Å². The molecule has 1 heterocycles. The quantitative estimate of drug-likeness (QED) is 0.795.